The van der Waals surface area contributed by atoms with Crippen LogP contribution in [0.1, 0.15) is 39.3 Å². The second-order valence-electron chi connectivity index (χ2n) is 6.68. The highest BCUT2D eigenvalue weighted by Crippen LogP contribution is 2.31. The number of likely N-dealkylation sites (tertiary alicyclic amines) is 1. The summed E-state index contributed by atoms with van der Waals surface area (Å²) in [5, 5.41) is 0.998. The van der Waals surface area contributed by atoms with Crippen molar-refractivity contribution in [2.24, 2.45) is 11.1 Å². The van der Waals surface area contributed by atoms with Gasteiger partial charge in [0.25, 0.3) is 5.91 Å². The number of amides is 1. The van der Waals surface area contributed by atoms with E-state index in [0.29, 0.717) is 6.54 Å². The Bertz CT molecular complexity index is 708. The van der Waals surface area contributed by atoms with Crippen LogP contribution in [0.2, 0.25) is 0 Å². The van der Waals surface area contributed by atoms with Gasteiger partial charge in [-0.05, 0) is 30.9 Å². The number of carbonyl (C=O) groups is 1. The molecule has 0 spiro atoms. The van der Waals surface area contributed by atoms with Crippen molar-refractivity contribution in [1.29, 1.82) is 0 Å². The fourth-order valence-electron chi connectivity index (χ4n) is 3.00. The molecule has 1 saturated heterocycles. The van der Waals surface area contributed by atoms with Crippen LogP contribution in [-0.4, -0.2) is 35.4 Å². The summed E-state index contributed by atoms with van der Waals surface area (Å²) in [4.78, 5) is 20.1. The molecule has 25 heavy (non-hydrogen) atoms. The van der Waals surface area contributed by atoms with Crippen LogP contribution in [0.4, 0.5) is 0 Å². The van der Waals surface area contributed by atoms with E-state index in [2.05, 4.69) is 24.0 Å². The summed E-state index contributed by atoms with van der Waals surface area (Å²) in [5.41, 5.74) is 7.96. The van der Waals surface area contributed by atoms with Crippen molar-refractivity contribution in [1.82, 2.24) is 9.88 Å². The molecule has 1 amide bonds. The minimum Gasteiger partial charge on any atom is -0.337 e. The molecule has 0 aliphatic carbocycles. The molecule has 7 heteroatoms. The number of hydrogen-bond acceptors (Lipinski definition) is 4. The number of aryl methyl sites for hydroxylation is 1. The Labute approximate surface area is 165 Å². The maximum Gasteiger partial charge on any atom is 0.265 e. The number of aromatic nitrogens is 1. The molecule has 1 aliphatic heterocycles. The van der Waals surface area contributed by atoms with Gasteiger partial charge in [0.05, 0.1) is 10.7 Å². The molecule has 138 valence electrons. The number of rotatable bonds is 4. The number of nitrogens with two attached hydrogens (primary N) is 1. The molecule has 1 aliphatic rings. The van der Waals surface area contributed by atoms with Gasteiger partial charge < -0.3 is 10.6 Å². The van der Waals surface area contributed by atoms with Crippen LogP contribution in [0.25, 0.3) is 0 Å². The predicted molar refractivity (Wildman–Crippen MR) is 108 cm³/mol. The first-order chi connectivity index (χ1) is 11.0. The summed E-state index contributed by atoms with van der Waals surface area (Å²) in [6, 6.07) is 10.2. The van der Waals surface area contributed by atoms with Crippen molar-refractivity contribution in [3.8, 4) is 0 Å². The largest absolute Gasteiger partial charge is 0.337 e. The number of carbonyl (C=O) groups excluding carboxylic acids is 1. The molecule has 2 aromatic rings. The number of nitrogens with zero attached hydrogens (tertiary/aromatic N) is 2. The minimum atomic E-state index is 0. The zero-order valence-corrected chi connectivity index (χ0v) is 17.0. The van der Waals surface area contributed by atoms with E-state index < -0.39 is 0 Å². The summed E-state index contributed by atoms with van der Waals surface area (Å²) in [6.07, 6.45) is 1.75. The lowest BCUT2D eigenvalue weighted by molar-refractivity contribution is 0.0780. The maximum atomic E-state index is 12.8. The Morgan fingerprint density at radius 2 is 2.00 bits per heavy atom. The SMILES string of the molecule is Cc1nc(Cc2ccccc2)sc1C(=O)N1CCC(C)(CN)C1.Cl.Cl. The lowest BCUT2D eigenvalue weighted by Crippen LogP contribution is -2.34. The zero-order valence-electron chi connectivity index (χ0n) is 14.5. The standard InChI is InChI=1S/C18H23N3OS.2ClH/c1-13-16(17(22)21-9-8-18(2,11-19)12-21)23-15(20-13)10-14-6-4-3-5-7-14;;/h3-7H,8-12,19H2,1-2H3;2*1H. The second-order valence-corrected chi connectivity index (χ2v) is 7.76. The second kappa shape index (κ2) is 8.99. The van der Waals surface area contributed by atoms with Crippen LogP contribution in [0.3, 0.4) is 0 Å². The molecule has 1 unspecified atom stereocenters. The lowest BCUT2D eigenvalue weighted by atomic mass is 9.90. The van der Waals surface area contributed by atoms with Crippen molar-refractivity contribution in [2.45, 2.75) is 26.7 Å². The summed E-state index contributed by atoms with van der Waals surface area (Å²) < 4.78 is 0. The molecule has 0 saturated carbocycles. The van der Waals surface area contributed by atoms with Crippen LogP contribution in [0, 0.1) is 12.3 Å². The van der Waals surface area contributed by atoms with Crippen molar-refractivity contribution in [3.05, 3.63) is 51.5 Å². The first-order valence-electron chi connectivity index (χ1n) is 8.00. The van der Waals surface area contributed by atoms with Crippen molar-refractivity contribution >= 4 is 42.1 Å². The summed E-state index contributed by atoms with van der Waals surface area (Å²) in [7, 11) is 0. The third kappa shape index (κ3) is 4.94. The van der Waals surface area contributed by atoms with Gasteiger partial charge >= 0.3 is 0 Å². The molecule has 1 fully saturated rings. The monoisotopic (exact) mass is 401 g/mol. The molecule has 1 atom stereocenters. The number of benzene rings is 1. The van der Waals surface area contributed by atoms with Crippen LogP contribution < -0.4 is 5.73 Å². The van der Waals surface area contributed by atoms with Crippen molar-refractivity contribution in [3.63, 3.8) is 0 Å². The van der Waals surface area contributed by atoms with E-state index in [9.17, 15) is 4.79 Å². The van der Waals surface area contributed by atoms with Gasteiger partial charge in [0.2, 0.25) is 0 Å². The summed E-state index contributed by atoms with van der Waals surface area (Å²) in [6.45, 7) is 6.24. The number of thiazole rings is 1. The minimum absolute atomic E-state index is 0. The lowest BCUT2D eigenvalue weighted by Gasteiger charge is -2.22. The molecule has 0 bridgehead atoms. The van der Waals surface area contributed by atoms with Gasteiger partial charge in [-0.25, -0.2) is 4.98 Å². The molecule has 1 aromatic carbocycles. The first kappa shape index (κ1) is 21.9. The molecular weight excluding hydrogens is 377 g/mol. The average Bonchev–Trinajstić information content (AvgIpc) is 3.12. The molecule has 0 radical (unpaired) electrons. The Balaban J connectivity index is 0.00000156. The topological polar surface area (TPSA) is 59.2 Å². The first-order valence-corrected chi connectivity index (χ1v) is 8.82. The third-order valence-electron chi connectivity index (χ3n) is 4.57. The van der Waals surface area contributed by atoms with E-state index in [1.165, 1.54) is 16.9 Å². The van der Waals surface area contributed by atoms with E-state index >= 15 is 0 Å². The van der Waals surface area contributed by atoms with E-state index in [1.54, 1.807) is 0 Å². The Kier molecular flexibility index (Phi) is 7.88. The van der Waals surface area contributed by atoms with Gasteiger partial charge in [-0.15, -0.1) is 36.2 Å². The smallest absolute Gasteiger partial charge is 0.265 e. The van der Waals surface area contributed by atoms with Crippen LogP contribution in [-0.2, 0) is 6.42 Å². The van der Waals surface area contributed by atoms with Crippen LogP contribution >= 0.6 is 36.2 Å². The van der Waals surface area contributed by atoms with Crippen LogP contribution in [0.15, 0.2) is 30.3 Å². The Hall–Kier alpha value is -1.14. The van der Waals surface area contributed by atoms with E-state index in [-0.39, 0.29) is 36.1 Å². The highest BCUT2D eigenvalue weighted by Gasteiger charge is 2.36. The van der Waals surface area contributed by atoms with Gasteiger partial charge in [0.15, 0.2) is 0 Å². The molecular formula is C18H25Cl2N3OS. The fraction of sp³-hybridized carbons (Fsp3) is 0.444. The van der Waals surface area contributed by atoms with Gasteiger partial charge in [-0.3, -0.25) is 4.79 Å². The van der Waals surface area contributed by atoms with Crippen molar-refractivity contribution < 1.29 is 4.79 Å². The molecule has 4 nitrogen and oxygen atoms in total. The maximum absolute atomic E-state index is 12.8. The Morgan fingerprint density at radius 3 is 2.60 bits per heavy atom. The zero-order chi connectivity index (χ0) is 16.4. The highest BCUT2D eigenvalue weighted by atomic mass is 35.5. The fourth-order valence-corrected chi connectivity index (χ4v) is 4.07. The van der Waals surface area contributed by atoms with Crippen molar-refractivity contribution in [2.75, 3.05) is 19.6 Å². The molecule has 1 aromatic heterocycles. The van der Waals surface area contributed by atoms with Gasteiger partial charge in [-0.1, -0.05) is 37.3 Å². The molecule has 2 heterocycles. The predicted octanol–water partition coefficient (Wildman–Crippen LogP) is 3.70. The highest BCUT2D eigenvalue weighted by molar-refractivity contribution is 7.13. The number of hydrogen-bond donors (Lipinski definition) is 1. The van der Waals surface area contributed by atoms with Gasteiger partial charge in [-0.2, -0.15) is 0 Å². The normalized spacial score (nSPS) is 19.2. The van der Waals surface area contributed by atoms with Gasteiger partial charge in [0.1, 0.15) is 4.88 Å². The molecule has 3 rings (SSSR count). The average molecular weight is 402 g/mol. The van der Waals surface area contributed by atoms with E-state index in [4.69, 9.17) is 5.73 Å². The quantitative estimate of drug-likeness (QED) is 0.849. The number of halogens is 2. The van der Waals surface area contributed by atoms with E-state index in [1.807, 2.05) is 30.0 Å². The van der Waals surface area contributed by atoms with E-state index in [0.717, 1.165) is 41.5 Å². The summed E-state index contributed by atoms with van der Waals surface area (Å²) in [5.74, 6) is 0.108. The van der Waals surface area contributed by atoms with Gasteiger partial charge in [0, 0.05) is 19.5 Å². The third-order valence-corrected chi connectivity index (χ3v) is 5.72. The summed E-state index contributed by atoms with van der Waals surface area (Å²) >= 11 is 1.52. The van der Waals surface area contributed by atoms with Crippen LogP contribution in [0.5, 0.6) is 0 Å². The Morgan fingerprint density at radius 1 is 1.32 bits per heavy atom. The molecule has 2 N–H and O–H groups in total.